The Hall–Kier alpha value is -2.14. The smallest absolute Gasteiger partial charge is 0.229 e. The topological polar surface area (TPSA) is 72.9 Å². The summed E-state index contributed by atoms with van der Waals surface area (Å²) in [5, 5.41) is 7.10. The molecule has 1 aromatic heterocycles. The zero-order valence-corrected chi connectivity index (χ0v) is 11.8. The van der Waals surface area contributed by atoms with Crippen LogP contribution in [-0.2, 0) is 11.8 Å². The molecular weight excluding hydrogens is 252 g/mol. The highest BCUT2D eigenvalue weighted by Gasteiger charge is 2.21. The van der Waals surface area contributed by atoms with E-state index in [-0.39, 0.29) is 24.4 Å². The second-order valence-corrected chi connectivity index (χ2v) is 4.88. The van der Waals surface area contributed by atoms with Gasteiger partial charge in [-0.3, -0.25) is 9.48 Å². The lowest BCUT2D eigenvalue weighted by Gasteiger charge is -2.18. The lowest BCUT2D eigenvalue weighted by Crippen LogP contribution is -2.35. The highest BCUT2D eigenvalue weighted by Crippen LogP contribution is 2.17. The van der Waals surface area contributed by atoms with Crippen LogP contribution in [0.2, 0.25) is 0 Å². The number of carbonyl (C=O) groups excluding carboxylic acids is 1. The van der Waals surface area contributed by atoms with Gasteiger partial charge in [-0.25, -0.2) is 0 Å². The summed E-state index contributed by atoms with van der Waals surface area (Å²) in [6, 6.07) is 9.50. The molecule has 0 fully saturated rings. The van der Waals surface area contributed by atoms with E-state index in [1.165, 1.54) is 0 Å². The Morgan fingerprint density at radius 3 is 2.60 bits per heavy atom. The molecule has 0 bridgehead atoms. The van der Waals surface area contributed by atoms with Crippen LogP contribution in [0.1, 0.15) is 30.0 Å². The molecule has 5 nitrogen and oxygen atoms in total. The first kappa shape index (κ1) is 14.3. The van der Waals surface area contributed by atoms with Gasteiger partial charge < -0.3 is 11.1 Å². The van der Waals surface area contributed by atoms with Gasteiger partial charge in [0, 0.05) is 25.4 Å². The normalized spacial score (nSPS) is 13.8. The molecule has 0 aliphatic carbocycles. The molecule has 106 valence electrons. The minimum absolute atomic E-state index is 0.0601. The van der Waals surface area contributed by atoms with Crippen molar-refractivity contribution in [2.75, 3.05) is 6.54 Å². The second-order valence-electron chi connectivity index (χ2n) is 4.88. The fraction of sp³-hybridized carbons (Fsp3) is 0.333. The molecule has 0 aliphatic heterocycles. The molecule has 2 unspecified atom stereocenters. The summed E-state index contributed by atoms with van der Waals surface area (Å²) in [6.07, 6.45) is 3.65. The third-order valence-corrected chi connectivity index (χ3v) is 3.34. The van der Waals surface area contributed by atoms with Crippen molar-refractivity contribution in [2.45, 2.75) is 18.9 Å². The van der Waals surface area contributed by atoms with Crippen LogP contribution in [0.3, 0.4) is 0 Å². The summed E-state index contributed by atoms with van der Waals surface area (Å²) in [5.74, 6) is -0.384. The van der Waals surface area contributed by atoms with Gasteiger partial charge in [0.25, 0.3) is 0 Å². The van der Waals surface area contributed by atoms with Crippen LogP contribution < -0.4 is 11.1 Å². The van der Waals surface area contributed by atoms with Crippen molar-refractivity contribution in [1.29, 1.82) is 0 Å². The van der Waals surface area contributed by atoms with E-state index in [9.17, 15) is 4.79 Å². The van der Waals surface area contributed by atoms with E-state index in [1.807, 2.05) is 50.5 Å². The van der Waals surface area contributed by atoms with Gasteiger partial charge in [-0.05, 0) is 12.5 Å². The number of rotatable bonds is 5. The van der Waals surface area contributed by atoms with E-state index in [4.69, 9.17) is 5.73 Å². The summed E-state index contributed by atoms with van der Waals surface area (Å²) in [6.45, 7) is 2.23. The number of aromatic nitrogens is 2. The first-order chi connectivity index (χ1) is 9.61. The number of amides is 1. The standard InChI is InChI=1S/C15H20N4O/c1-11(13-9-17-19(2)10-13)18-15(20)14(8-16)12-6-4-3-5-7-12/h3-7,9-11,14H,8,16H2,1-2H3,(H,18,20). The van der Waals surface area contributed by atoms with Gasteiger partial charge in [0.1, 0.15) is 0 Å². The molecule has 1 amide bonds. The van der Waals surface area contributed by atoms with E-state index < -0.39 is 0 Å². The minimum Gasteiger partial charge on any atom is -0.349 e. The molecule has 1 heterocycles. The summed E-state index contributed by atoms with van der Waals surface area (Å²) in [5.41, 5.74) is 7.66. The number of nitrogens with two attached hydrogens (primary N) is 1. The summed E-state index contributed by atoms with van der Waals surface area (Å²) in [4.78, 5) is 12.3. The van der Waals surface area contributed by atoms with Crippen molar-refractivity contribution in [2.24, 2.45) is 12.8 Å². The van der Waals surface area contributed by atoms with Crippen molar-refractivity contribution in [3.8, 4) is 0 Å². The van der Waals surface area contributed by atoms with E-state index in [2.05, 4.69) is 10.4 Å². The predicted molar refractivity (Wildman–Crippen MR) is 78.0 cm³/mol. The predicted octanol–water partition coefficient (Wildman–Crippen LogP) is 1.34. The van der Waals surface area contributed by atoms with Crippen molar-refractivity contribution in [1.82, 2.24) is 15.1 Å². The Morgan fingerprint density at radius 2 is 2.05 bits per heavy atom. The van der Waals surface area contributed by atoms with Crippen LogP contribution in [0.5, 0.6) is 0 Å². The van der Waals surface area contributed by atoms with Crippen LogP contribution in [0.25, 0.3) is 0 Å². The fourth-order valence-electron chi connectivity index (χ4n) is 2.14. The molecule has 2 aromatic rings. The Balaban J connectivity index is 2.06. The largest absolute Gasteiger partial charge is 0.349 e. The summed E-state index contributed by atoms with van der Waals surface area (Å²) >= 11 is 0. The van der Waals surface area contributed by atoms with Crippen LogP contribution in [0.15, 0.2) is 42.7 Å². The lowest BCUT2D eigenvalue weighted by molar-refractivity contribution is -0.123. The summed E-state index contributed by atoms with van der Waals surface area (Å²) < 4.78 is 1.72. The van der Waals surface area contributed by atoms with Gasteiger partial charge in [-0.2, -0.15) is 5.10 Å². The highest BCUT2D eigenvalue weighted by atomic mass is 16.1. The number of aryl methyl sites for hydroxylation is 1. The number of nitrogens with one attached hydrogen (secondary N) is 1. The van der Waals surface area contributed by atoms with Crippen molar-refractivity contribution in [3.05, 3.63) is 53.9 Å². The molecule has 0 saturated heterocycles. The Kier molecular flexibility index (Phi) is 4.53. The van der Waals surface area contributed by atoms with Gasteiger partial charge in [-0.15, -0.1) is 0 Å². The molecule has 20 heavy (non-hydrogen) atoms. The molecule has 5 heteroatoms. The Labute approximate surface area is 118 Å². The number of benzene rings is 1. The maximum atomic E-state index is 12.3. The maximum absolute atomic E-state index is 12.3. The van der Waals surface area contributed by atoms with Crippen molar-refractivity contribution in [3.63, 3.8) is 0 Å². The molecule has 2 atom stereocenters. The van der Waals surface area contributed by atoms with Gasteiger partial charge >= 0.3 is 0 Å². The molecule has 0 saturated carbocycles. The Morgan fingerprint density at radius 1 is 1.35 bits per heavy atom. The Bertz CT molecular complexity index is 564. The van der Waals surface area contributed by atoms with E-state index in [0.717, 1.165) is 11.1 Å². The SMILES string of the molecule is CC(NC(=O)C(CN)c1ccccc1)c1cnn(C)c1. The van der Waals surface area contributed by atoms with Gasteiger partial charge in [0.2, 0.25) is 5.91 Å². The lowest BCUT2D eigenvalue weighted by atomic mass is 9.98. The molecule has 0 aliphatic rings. The number of carbonyl (C=O) groups is 1. The molecule has 2 rings (SSSR count). The third-order valence-electron chi connectivity index (χ3n) is 3.34. The quantitative estimate of drug-likeness (QED) is 0.862. The number of hydrogen-bond donors (Lipinski definition) is 2. The van der Waals surface area contributed by atoms with E-state index in [1.54, 1.807) is 10.9 Å². The third kappa shape index (κ3) is 3.24. The molecular formula is C15H20N4O. The van der Waals surface area contributed by atoms with Gasteiger partial charge in [0.05, 0.1) is 18.2 Å². The first-order valence-electron chi connectivity index (χ1n) is 6.65. The van der Waals surface area contributed by atoms with Crippen LogP contribution >= 0.6 is 0 Å². The summed E-state index contributed by atoms with van der Waals surface area (Å²) in [7, 11) is 1.85. The van der Waals surface area contributed by atoms with Crippen LogP contribution in [0, 0.1) is 0 Å². The maximum Gasteiger partial charge on any atom is 0.229 e. The average Bonchev–Trinajstić information content (AvgIpc) is 2.87. The number of hydrogen-bond acceptors (Lipinski definition) is 3. The highest BCUT2D eigenvalue weighted by molar-refractivity contribution is 5.84. The number of nitrogens with zero attached hydrogens (tertiary/aromatic N) is 2. The molecule has 0 radical (unpaired) electrons. The van der Waals surface area contributed by atoms with Crippen LogP contribution in [0.4, 0.5) is 0 Å². The second kappa shape index (κ2) is 6.34. The average molecular weight is 272 g/mol. The van der Waals surface area contributed by atoms with Gasteiger partial charge in [0.15, 0.2) is 0 Å². The minimum atomic E-state index is -0.324. The zero-order valence-electron chi connectivity index (χ0n) is 11.8. The monoisotopic (exact) mass is 272 g/mol. The van der Waals surface area contributed by atoms with Crippen molar-refractivity contribution >= 4 is 5.91 Å². The molecule has 3 N–H and O–H groups in total. The van der Waals surface area contributed by atoms with E-state index in [0.29, 0.717) is 0 Å². The fourth-order valence-corrected chi connectivity index (χ4v) is 2.14. The van der Waals surface area contributed by atoms with Crippen LogP contribution in [-0.4, -0.2) is 22.2 Å². The molecule has 1 aromatic carbocycles. The first-order valence-corrected chi connectivity index (χ1v) is 6.65. The van der Waals surface area contributed by atoms with Crippen molar-refractivity contribution < 1.29 is 4.79 Å². The zero-order chi connectivity index (χ0) is 14.5. The molecule has 0 spiro atoms. The van der Waals surface area contributed by atoms with E-state index >= 15 is 0 Å². The van der Waals surface area contributed by atoms with Gasteiger partial charge in [-0.1, -0.05) is 30.3 Å².